The van der Waals surface area contributed by atoms with E-state index in [9.17, 15) is 15.0 Å². The molecular formula is C22H34N2O3. The third kappa shape index (κ3) is 10.1. The molecule has 0 spiro atoms. The molecule has 2 unspecified atom stereocenters. The Morgan fingerprint density at radius 2 is 1.81 bits per heavy atom. The van der Waals surface area contributed by atoms with Crippen LogP contribution in [0.15, 0.2) is 18.2 Å². The number of pyridine rings is 1. The van der Waals surface area contributed by atoms with Crippen molar-refractivity contribution in [2.75, 3.05) is 6.61 Å². The summed E-state index contributed by atoms with van der Waals surface area (Å²) in [6.07, 6.45) is 9.98. The van der Waals surface area contributed by atoms with Crippen LogP contribution < -0.4 is 5.32 Å². The van der Waals surface area contributed by atoms with Gasteiger partial charge in [-0.3, -0.25) is 4.79 Å². The van der Waals surface area contributed by atoms with E-state index in [2.05, 4.69) is 29.1 Å². The van der Waals surface area contributed by atoms with Crippen molar-refractivity contribution in [2.24, 2.45) is 0 Å². The maximum Gasteiger partial charge on any atom is 0.217 e. The van der Waals surface area contributed by atoms with Gasteiger partial charge in [0.1, 0.15) is 11.8 Å². The van der Waals surface area contributed by atoms with Crippen LogP contribution in [-0.2, 0) is 4.79 Å². The summed E-state index contributed by atoms with van der Waals surface area (Å²) in [6.45, 7) is 3.21. The van der Waals surface area contributed by atoms with E-state index in [1.165, 1.54) is 51.9 Å². The fourth-order valence-electron chi connectivity index (χ4n) is 2.88. The van der Waals surface area contributed by atoms with Gasteiger partial charge in [-0.2, -0.15) is 0 Å². The molecule has 0 aliphatic carbocycles. The molecule has 0 saturated carbocycles. The molecule has 0 bridgehead atoms. The minimum absolute atomic E-state index is 0.311. The summed E-state index contributed by atoms with van der Waals surface area (Å²) in [6, 6.07) is 4.45. The topological polar surface area (TPSA) is 82.5 Å². The van der Waals surface area contributed by atoms with Crippen molar-refractivity contribution >= 4 is 5.91 Å². The van der Waals surface area contributed by atoms with E-state index < -0.39 is 12.1 Å². The van der Waals surface area contributed by atoms with Crippen LogP contribution in [-0.4, -0.2) is 33.8 Å². The lowest BCUT2D eigenvalue weighted by molar-refractivity contribution is -0.121. The first-order valence-electron chi connectivity index (χ1n) is 10.1. The predicted octanol–water partition coefficient (Wildman–Crippen LogP) is 3.49. The average molecular weight is 375 g/mol. The van der Waals surface area contributed by atoms with E-state index in [4.69, 9.17) is 0 Å². The number of amides is 1. The molecule has 0 fully saturated rings. The maximum atomic E-state index is 11.2. The Balaban J connectivity index is 2.42. The molecule has 3 N–H and O–H groups in total. The monoisotopic (exact) mass is 374 g/mol. The lowest BCUT2D eigenvalue weighted by atomic mass is 10.1. The highest BCUT2D eigenvalue weighted by atomic mass is 16.3. The van der Waals surface area contributed by atoms with E-state index >= 15 is 0 Å². The second kappa shape index (κ2) is 14.2. The van der Waals surface area contributed by atoms with Gasteiger partial charge in [0.25, 0.3) is 0 Å². The standard InChI is InChI=1S/C22H34N2O3/c1-3-4-5-6-7-8-9-10-11-12-14-19-15-13-16-20(24-19)22(27)21(17-25)23-18(2)26/h13,15-16,21-22,25,27H,3-11,17H2,1-2H3,(H,23,26). The molecule has 0 aliphatic heterocycles. The predicted molar refractivity (Wildman–Crippen MR) is 108 cm³/mol. The minimum atomic E-state index is -1.08. The Morgan fingerprint density at radius 1 is 1.15 bits per heavy atom. The highest BCUT2D eigenvalue weighted by Gasteiger charge is 2.22. The van der Waals surface area contributed by atoms with Crippen molar-refractivity contribution in [1.29, 1.82) is 0 Å². The highest BCUT2D eigenvalue weighted by Crippen LogP contribution is 2.15. The summed E-state index contributed by atoms with van der Waals surface area (Å²) in [5, 5.41) is 22.2. The minimum Gasteiger partial charge on any atom is -0.394 e. The summed E-state index contributed by atoms with van der Waals surface area (Å²) in [5.74, 6) is 5.86. The van der Waals surface area contributed by atoms with E-state index in [1.54, 1.807) is 18.2 Å². The zero-order valence-corrected chi connectivity index (χ0v) is 16.7. The smallest absolute Gasteiger partial charge is 0.217 e. The molecule has 1 aromatic heterocycles. The number of rotatable bonds is 12. The first kappa shape index (κ1) is 23.1. The quantitative estimate of drug-likeness (QED) is 0.386. The van der Waals surface area contributed by atoms with E-state index in [0.29, 0.717) is 11.4 Å². The van der Waals surface area contributed by atoms with Gasteiger partial charge in [-0.1, -0.05) is 63.9 Å². The molecular weight excluding hydrogens is 340 g/mol. The number of aliphatic hydroxyl groups excluding tert-OH is 2. The fraction of sp³-hybridized carbons (Fsp3) is 0.636. The summed E-state index contributed by atoms with van der Waals surface area (Å²) in [7, 11) is 0. The summed E-state index contributed by atoms with van der Waals surface area (Å²) >= 11 is 0. The Kier molecular flexibility index (Phi) is 12.2. The first-order chi connectivity index (χ1) is 13.1. The average Bonchev–Trinajstić information content (AvgIpc) is 2.67. The molecule has 150 valence electrons. The van der Waals surface area contributed by atoms with Crippen LogP contribution in [0.2, 0.25) is 0 Å². The van der Waals surface area contributed by atoms with Gasteiger partial charge in [0.05, 0.1) is 18.3 Å². The molecule has 1 amide bonds. The van der Waals surface area contributed by atoms with Crippen molar-refractivity contribution in [3.05, 3.63) is 29.6 Å². The molecule has 0 aromatic carbocycles. The number of nitrogens with zero attached hydrogens (tertiary/aromatic N) is 1. The first-order valence-corrected chi connectivity index (χ1v) is 10.1. The molecule has 0 saturated heterocycles. The summed E-state index contributed by atoms with van der Waals surface area (Å²) < 4.78 is 0. The zero-order valence-electron chi connectivity index (χ0n) is 16.7. The summed E-state index contributed by atoms with van der Waals surface area (Å²) in [4.78, 5) is 15.5. The van der Waals surface area contributed by atoms with Gasteiger partial charge in [0.2, 0.25) is 5.91 Å². The van der Waals surface area contributed by atoms with Gasteiger partial charge < -0.3 is 15.5 Å². The second-order valence-electron chi connectivity index (χ2n) is 6.91. The van der Waals surface area contributed by atoms with Crippen LogP contribution in [0.3, 0.4) is 0 Å². The fourth-order valence-corrected chi connectivity index (χ4v) is 2.88. The van der Waals surface area contributed by atoms with Crippen molar-refractivity contribution < 1.29 is 15.0 Å². The largest absolute Gasteiger partial charge is 0.394 e. The Bertz CT molecular complexity index is 607. The Morgan fingerprint density at radius 3 is 2.44 bits per heavy atom. The van der Waals surface area contributed by atoms with Crippen LogP contribution in [0.25, 0.3) is 0 Å². The van der Waals surface area contributed by atoms with E-state index in [0.717, 1.165) is 12.8 Å². The van der Waals surface area contributed by atoms with Crippen LogP contribution in [0.5, 0.6) is 0 Å². The van der Waals surface area contributed by atoms with Gasteiger partial charge in [-0.15, -0.1) is 0 Å². The van der Waals surface area contributed by atoms with Crippen molar-refractivity contribution in [3.63, 3.8) is 0 Å². The Labute approximate surface area is 163 Å². The number of aliphatic hydroxyl groups is 2. The number of unbranched alkanes of at least 4 members (excludes halogenated alkanes) is 8. The van der Waals surface area contributed by atoms with Crippen LogP contribution in [0, 0.1) is 11.8 Å². The normalized spacial score (nSPS) is 12.7. The van der Waals surface area contributed by atoms with Gasteiger partial charge in [0, 0.05) is 13.3 Å². The number of carbonyl (C=O) groups is 1. The van der Waals surface area contributed by atoms with Gasteiger partial charge in [-0.05, 0) is 24.5 Å². The molecule has 27 heavy (non-hydrogen) atoms. The van der Waals surface area contributed by atoms with Crippen LogP contribution in [0.4, 0.5) is 0 Å². The number of hydrogen-bond donors (Lipinski definition) is 3. The lowest BCUT2D eigenvalue weighted by Gasteiger charge is -2.21. The van der Waals surface area contributed by atoms with Gasteiger partial charge >= 0.3 is 0 Å². The highest BCUT2D eigenvalue weighted by molar-refractivity contribution is 5.73. The molecule has 1 heterocycles. The van der Waals surface area contributed by atoms with Crippen molar-refractivity contribution in [1.82, 2.24) is 10.3 Å². The van der Waals surface area contributed by atoms with E-state index in [1.807, 2.05) is 0 Å². The molecule has 2 atom stereocenters. The molecule has 0 radical (unpaired) electrons. The maximum absolute atomic E-state index is 11.2. The van der Waals surface area contributed by atoms with Gasteiger partial charge in [-0.25, -0.2) is 4.98 Å². The Hall–Kier alpha value is -1.90. The second-order valence-corrected chi connectivity index (χ2v) is 6.91. The number of carbonyl (C=O) groups excluding carboxylic acids is 1. The van der Waals surface area contributed by atoms with Crippen molar-refractivity contribution in [2.45, 2.75) is 83.8 Å². The molecule has 1 aromatic rings. The number of hydrogen-bond acceptors (Lipinski definition) is 4. The molecule has 0 aliphatic rings. The van der Waals surface area contributed by atoms with Crippen LogP contribution >= 0.6 is 0 Å². The third-order valence-corrected chi connectivity index (χ3v) is 4.41. The lowest BCUT2D eigenvalue weighted by Crippen LogP contribution is -2.41. The SMILES string of the molecule is CCCCCCCCCCC#Cc1cccc(C(O)C(CO)NC(C)=O)n1. The zero-order chi connectivity index (χ0) is 19.9. The van der Waals surface area contributed by atoms with Gasteiger partial charge in [0.15, 0.2) is 0 Å². The summed E-state index contributed by atoms with van der Waals surface area (Å²) in [5.41, 5.74) is 0.979. The third-order valence-electron chi connectivity index (χ3n) is 4.41. The van der Waals surface area contributed by atoms with Crippen LogP contribution in [0.1, 0.15) is 89.1 Å². The van der Waals surface area contributed by atoms with Crippen molar-refractivity contribution in [3.8, 4) is 11.8 Å². The molecule has 1 rings (SSSR count). The number of aromatic nitrogens is 1. The van der Waals surface area contributed by atoms with E-state index in [-0.39, 0.29) is 12.5 Å². The molecule has 5 nitrogen and oxygen atoms in total. The number of nitrogens with one attached hydrogen (secondary N) is 1. The molecule has 5 heteroatoms.